The summed E-state index contributed by atoms with van der Waals surface area (Å²) in [6.45, 7) is 2.27. The molecule has 0 unspecified atom stereocenters. The molecule has 0 amide bonds. The maximum atomic E-state index is 11.1. The molecule has 3 aromatic carbocycles. The second-order valence-electron chi connectivity index (χ2n) is 9.18. The Balaban J connectivity index is 0.00000432. The second kappa shape index (κ2) is 15.6. The zero-order chi connectivity index (χ0) is 24.2. The topological polar surface area (TPSA) is 57.2 Å². The summed E-state index contributed by atoms with van der Waals surface area (Å²) in [5.74, 6) is 0. The molecule has 0 atom stereocenters. The van der Waals surface area contributed by atoms with Gasteiger partial charge in [-0.2, -0.15) is 0 Å². The molecule has 0 aliphatic carbocycles. The van der Waals surface area contributed by atoms with Gasteiger partial charge in [0.1, 0.15) is 10.1 Å². The minimum absolute atomic E-state index is 0. The van der Waals surface area contributed by atoms with E-state index in [0.29, 0.717) is 0 Å². The zero-order valence-electron chi connectivity index (χ0n) is 21.3. The van der Waals surface area contributed by atoms with Crippen molar-refractivity contribution >= 4 is 10.1 Å². The first-order valence-electron chi connectivity index (χ1n) is 12.7. The van der Waals surface area contributed by atoms with Crippen molar-refractivity contribution in [1.82, 2.24) is 0 Å². The van der Waals surface area contributed by atoms with Crippen LogP contribution in [0.15, 0.2) is 77.7 Å². The van der Waals surface area contributed by atoms with Gasteiger partial charge in [0.05, 0.1) is 4.90 Å². The molecule has 0 radical (unpaired) electrons. The Morgan fingerprint density at radius 2 is 0.886 bits per heavy atom. The van der Waals surface area contributed by atoms with E-state index in [1.165, 1.54) is 87.5 Å². The van der Waals surface area contributed by atoms with E-state index in [1.807, 2.05) is 12.1 Å². The minimum atomic E-state index is -4.41. The molecule has 5 heteroatoms. The third kappa shape index (κ3) is 10.2. The summed E-state index contributed by atoms with van der Waals surface area (Å²) in [4.78, 5) is -0.203. The van der Waals surface area contributed by atoms with E-state index in [2.05, 4.69) is 43.3 Å². The number of aryl methyl sites for hydroxylation is 1. The summed E-state index contributed by atoms with van der Waals surface area (Å²) in [7, 11) is -4.41. The molecule has 3 aromatic rings. The first kappa shape index (κ1) is 29.8. The Kier molecular flexibility index (Phi) is 13.3. The number of rotatable bonds is 14. The molecule has 0 heterocycles. The fraction of sp³-hybridized carbons (Fsp3) is 0.400. The van der Waals surface area contributed by atoms with Gasteiger partial charge in [-0.15, -0.1) is 0 Å². The number of hydrogen-bond acceptors (Lipinski definition) is 3. The average Bonchev–Trinajstić information content (AvgIpc) is 2.85. The summed E-state index contributed by atoms with van der Waals surface area (Å²) < 4.78 is 33.3. The maximum Gasteiger partial charge on any atom is 1.00 e. The van der Waals surface area contributed by atoms with Crippen LogP contribution < -0.4 is 29.6 Å². The van der Waals surface area contributed by atoms with Crippen LogP contribution in [0.2, 0.25) is 0 Å². The molecule has 0 aromatic heterocycles. The van der Waals surface area contributed by atoms with Crippen LogP contribution in [0.5, 0.6) is 0 Å². The van der Waals surface area contributed by atoms with Crippen LogP contribution in [-0.2, 0) is 16.5 Å². The molecular formula is C30H37NaO3S. The first-order chi connectivity index (χ1) is 16.5. The fourth-order valence-electron chi connectivity index (χ4n) is 4.35. The molecule has 0 fully saturated rings. The van der Waals surface area contributed by atoms with Crippen molar-refractivity contribution in [2.45, 2.75) is 82.4 Å². The molecule has 0 aliphatic heterocycles. The quantitative estimate of drug-likeness (QED) is 0.169. The molecule has 3 nitrogen and oxygen atoms in total. The molecule has 0 saturated heterocycles. The van der Waals surface area contributed by atoms with Gasteiger partial charge in [0.15, 0.2) is 0 Å². The van der Waals surface area contributed by atoms with Crippen molar-refractivity contribution in [2.24, 2.45) is 0 Å². The van der Waals surface area contributed by atoms with Crippen LogP contribution in [0.3, 0.4) is 0 Å². The van der Waals surface area contributed by atoms with E-state index in [9.17, 15) is 13.0 Å². The number of benzene rings is 3. The third-order valence-corrected chi connectivity index (χ3v) is 7.32. The molecule has 3 rings (SSSR count). The monoisotopic (exact) mass is 500 g/mol. The Bertz CT molecular complexity index is 1090. The zero-order valence-corrected chi connectivity index (χ0v) is 24.2. The smallest absolute Gasteiger partial charge is 0.744 e. The van der Waals surface area contributed by atoms with Gasteiger partial charge < -0.3 is 4.55 Å². The van der Waals surface area contributed by atoms with Gasteiger partial charge in [0, 0.05) is 0 Å². The molecule has 0 spiro atoms. The largest absolute Gasteiger partial charge is 1.00 e. The second-order valence-corrected chi connectivity index (χ2v) is 10.6. The fourth-order valence-corrected chi connectivity index (χ4v) is 4.82. The summed E-state index contributed by atoms with van der Waals surface area (Å²) in [6.07, 6.45) is 14.8. The molecule has 0 N–H and O–H groups in total. The molecule has 0 aliphatic rings. The van der Waals surface area contributed by atoms with Crippen LogP contribution in [0, 0.1) is 0 Å². The van der Waals surface area contributed by atoms with Gasteiger partial charge in [-0.3, -0.25) is 0 Å². The van der Waals surface area contributed by atoms with Crippen molar-refractivity contribution in [2.75, 3.05) is 0 Å². The molecular weight excluding hydrogens is 463 g/mol. The van der Waals surface area contributed by atoms with E-state index in [-0.39, 0.29) is 34.5 Å². The van der Waals surface area contributed by atoms with Gasteiger partial charge in [-0.05, 0) is 52.8 Å². The predicted molar refractivity (Wildman–Crippen MR) is 141 cm³/mol. The molecule has 182 valence electrons. The summed E-state index contributed by atoms with van der Waals surface area (Å²) >= 11 is 0. The minimum Gasteiger partial charge on any atom is -0.744 e. The van der Waals surface area contributed by atoms with Crippen molar-refractivity contribution in [3.8, 4) is 22.3 Å². The van der Waals surface area contributed by atoms with Crippen LogP contribution in [0.4, 0.5) is 0 Å². The van der Waals surface area contributed by atoms with Gasteiger partial charge in [0.2, 0.25) is 0 Å². The summed E-state index contributed by atoms with van der Waals surface area (Å²) in [5, 5.41) is 0. The maximum absolute atomic E-state index is 11.1. The van der Waals surface area contributed by atoms with E-state index in [4.69, 9.17) is 0 Å². The van der Waals surface area contributed by atoms with Crippen LogP contribution in [0.1, 0.15) is 76.7 Å². The molecule has 35 heavy (non-hydrogen) atoms. The van der Waals surface area contributed by atoms with Crippen molar-refractivity contribution in [3.05, 3.63) is 78.4 Å². The van der Waals surface area contributed by atoms with Crippen molar-refractivity contribution < 1.29 is 42.5 Å². The van der Waals surface area contributed by atoms with E-state index in [1.54, 1.807) is 12.1 Å². The van der Waals surface area contributed by atoms with E-state index < -0.39 is 10.1 Å². The normalized spacial score (nSPS) is 11.3. The van der Waals surface area contributed by atoms with E-state index in [0.717, 1.165) is 23.1 Å². The van der Waals surface area contributed by atoms with Crippen LogP contribution >= 0.6 is 0 Å². The Morgan fingerprint density at radius 3 is 1.29 bits per heavy atom. The number of unbranched alkanes of at least 4 members (excludes halogenated alkanes) is 9. The van der Waals surface area contributed by atoms with Gasteiger partial charge in [-0.1, -0.05) is 125 Å². The van der Waals surface area contributed by atoms with Crippen LogP contribution in [-0.4, -0.2) is 13.0 Å². The van der Waals surface area contributed by atoms with Crippen molar-refractivity contribution in [3.63, 3.8) is 0 Å². The Morgan fingerprint density at radius 1 is 0.543 bits per heavy atom. The molecule has 0 saturated carbocycles. The van der Waals surface area contributed by atoms with Gasteiger partial charge >= 0.3 is 29.6 Å². The Labute approximate surface area is 234 Å². The first-order valence-corrected chi connectivity index (χ1v) is 14.1. The summed E-state index contributed by atoms with van der Waals surface area (Å²) in [6, 6.07) is 23.1. The molecule has 0 bridgehead atoms. The summed E-state index contributed by atoms with van der Waals surface area (Å²) in [5.41, 5.74) is 5.59. The standard InChI is InChI=1S/C30H38O3S.Na/c1-2-3-4-5-6-7-8-9-10-11-12-25-13-15-26(16-14-25)27-17-19-28(20-18-27)29-21-23-30(24-22-29)34(31,32)33;/h13-24H,2-12H2,1H3,(H,31,32,33);/q;+1/p-1. The van der Waals surface area contributed by atoms with E-state index >= 15 is 0 Å². The van der Waals surface area contributed by atoms with Crippen molar-refractivity contribution in [1.29, 1.82) is 0 Å². The van der Waals surface area contributed by atoms with Gasteiger partial charge in [-0.25, -0.2) is 8.42 Å². The Hall–Kier alpha value is -1.43. The number of hydrogen-bond donors (Lipinski definition) is 0. The average molecular weight is 501 g/mol. The third-order valence-electron chi connectivity index (χ3n) is 6.47. The van der Waals surface area contributed by atoms with Gasteiger partial charge in [0.25, 0.3) is 0 Å². The predicted octanol–water partition coefficient (Wildman–Crippen LogP) is 5.39. The van der Waals surface area contributed by atoms with Crippen LogP contribution in [0.25, 0.3) is 22.3 Å². The SMILES string of the molecule is CCCCCCCCCCCCc1ccc(-c2ccc(-c3ccc(S(=O)(=O)[O-])cc3)cc2)cc1.[Na+].